The molecule has 0 radical (unpaired) electrons. The molecular weight excluding hydrogens is 490 g/mol. The van der Waals surface area contributed by atoms with Gasteiger partial charge < -0.3 is 14.8 Å². The molecule has 1 atom stereocenters. The molecule has 4 aliphatic carbocycles. The average Bonchev–Trinajstić information content (AvgIpc) is 2.93. The number of hydrogen-bond donors (Lipinski definition) is 1. The molecule has 6 heteroatoms. The van der Waals surface area contributed by atoms with Gasteiger partial charge in [-0.05, 0) is 91.2 Å². The molecular formula is C33H35NO5. The number of methoxy groups -OCH3 is 1. The van der Waals surface area contributed by atoms with Crippen LogP contribution < -0.4 is 10.1 Å². The molecule has 0 aromatic heterocycles. The van der Waals surface area contributed by atoms with Crippen molar-refractivity contribution in [3.63, 3.8) is 0 Å². The Morgan fingerprint density at radius 1 is 0.846 bits per heavy atom. The zero-order valence-corrected chi connectivity index (χ0v) is 22.3. The molecule has 1 amide bonds. The number of amides is 1. The minimum Gasteiger partial charge on any atom is -0.489 e. The number of carbonyl (C=O) groups excluding carboxylic acids is 1. The summed E-state index contributed by atoms with van der Waals surface area (Å²) in [5.74, 6) is 2.43. The van der Waals surface area contributed by atoms with Gasteiger partial charge in [-0.1, -0.05) is 54.6 Å². The van der Waals surface area contributed by atoms with E-state index in [0.29, 0.717) is 24.9 Å². The predicted molar refractivity (Wildman–Crippen MR) is 147 cm³/mol. The van der Waals surface area contributed by atoms with Crippen LogP contribution in [0.25, 0.3) is 0 Å². The molecule has 202 valence electrons. The third-order valence-electron chi connectivity index (χ3n) is 9.51. The molecule has 4 bridgehead atoms. The molecule has 1 N–H and O–H groups in total. The number of rotatable bonds is 8. The van der Waals surface area contributed by atoms with Gasteiger partial charge in [-0.25, -0.2) is 4.89 Å². The fourth-order valence-electron chi connectivity index (χ4n) is 7.98. The highest BCUT2D eigenvalue weighted by molar-refractivity contribution is 5.92. The zero-order chi connectivity index (χ0) is 26.5. The summed E-state index contributed by atoms with van der Waals surface area (Å²) in [6.07, 6.45) is 6.57. The van der Waals surface area contributed by atoms with Crippen LogP contribution in [0.5, 0.6) is 5.75 Å². The number of hydrogen-bond acceptors (Lipinski definition) is 5. The quantitative estimate of drug-likeness (QED) is 0.345. The van der Waals surface area contributed by atoms with Crippen molar-refractivity contribution in [2.75, 3.05) is 12.4 Å². The number of nitrogens with one attached hydrogen (secondary N) is 1. The highest BCUT2D eigenvalue weighted by atomic mass is 17.3. The summed E-state index contributed by atoms with van der Waals surface area (Å²) in [4.78, 5) is 24.4. The fraction of sp³-hybridized carbons (Fsp3) is 0.424. The van der Waals surface area contributed by atoms with Crippen molar-refractivity contribution >= 4 is 11.6 Å². The number of ether oxygens (including phenoxy) is 2. The molecule has 5 fully saturated rings. The van der Waals surface area contributed by atoms with Crippen LogP contribution in [-0.2, 0) is 38.1 Å². The second-order valence-corrected chi connectivity index (χ2v) is 11.8. The molecule has 1 spiro atoms. The first kappa shape index (κ1) is 24.8. The highest BCUT2D eigenvalue weighted by Gasteiger charge is 2.76. The lowest BCUT2D eigenvalue weighted by Crippen LogP contribution is -2.76. The van der Waals surface area contributed by atoms with Gasteiger partial charge in [-0.2, -0.15) is 4.89 Å². The van der Waals surface area contributed by atoms with E-state index in [1.165, 1.54) is 32.1 Å². The lowest BCUT2D eigenvalue weighted by molar-refractivity contribution is -0.645. The van der Waals surface area contributed by atoms with Crippen molar-refractivity contribution < 1.29 is 24.0 Å². The van der Waals surface area contributed by atoms with Crippen LogP contribution in [0.15, 0.2) is 78.9 Å². The van der Waals surface area contributed by atoms with Gasteiger partial charge in [0, 0.05) is 18.4 Å². The van der Waals surface area contributed by atoms with E-state index in [1.807, 2.05) is 72.8 Å². The first-order chi connectivity index (χ1) is 19.1. The van der Waals surface area contributed by atoms with Gasteiger partial charge in [-0.3, -0.25) is 4.79 Å². The molecule has 1 unspecified atom stereocenters. The summed E-state index contributed by atoms with van der Waals surface area (Å²) in [5.41, 5.74) is 3.33. The Labute approximate surface area is 229 Å². The zero-order valence-electron chi connectivity index (χ0n) is 22.3. The minimum absolute atomic E-state index is 0.0341. The van der Waals surface area contributed by atoms with Crippen molar-refractivity contribution in [1.29, 1.82) is 0 Å². The summed E-state index contributed by atoms with van der Waals surface area (Å²) in [5, 5.41) is 2.97. The van der Waals surface area contributed by atoms with Crippen LogP contribution in [0.4, 0.5) is 5.69 Å². The summed E-state index contributed by atoms with van der Waals surface area (Å²) >= 11 is 0. The lowest BCUT2D eigenvalue weighted by Gasteiger charge is -2.68. The van der Waals surface area contributed by atoms with E-state index in [2.05, 4.69) is 11.4 Å². The Kier molecular flexibility index (Phi) is 6.22. The SMILES string of the molecule is COC1(c2cccc(OCc3ccc(NC(=O)Cc4ccccc4)cc3)c2)OOC12C1CC3CC(C1)CC2C3. The Bertz CT molecular complexity index is 1310. The van der Waals surface area contributed by atoms with E-state index in [0.717, 1.165) is 40.0 Å². The van der Waals surface area contributed by atoms with Gasteiger partial charge in [0.1, 0.15) is 12.4 Å². The van der Waals surface area contributed by atoms with Crippen molar-refractivity contribution in [1.82, 2.24) is 0 Å². The van der Waals surface area contributed by atoms with Crippen LogP contribution in [-0.4, -0.2) is 18.6 Å². The van der Waals surface area contributed by atoms with Gasteiger partial charge in [0.15, 0.2) is 5.60 Å². The van der Waals surface area contributed by atoms with Crippen molar-refractivity contribution in [2.24, 2.45) is 23.7 Å². The first-order valence-electron chi connectivity index (χ1n) is 14.2. The van der Waals surface area contributed by atoms with Crippen LogP contribution in [0.3, 0.4) is 0 Å². The Balaban J connectivity index is 1.02. The number of carbonyl (C=O) groups is 1. The largest absolute Gasteiger partial charge is 0.489 e. The third kappa shape index (κ3) is 4.17. The maximum absolute atomic E-state index is 12.4. The maximum Gasteiger partial charge on any atom is 0.260 e. The van der Waals surface area contributed by atoms with E-state index < -0.39 is 11.4 Å². The lowest BCUT2D eigenvalue weighted by atomic mass is 9.47. The van der Waals surface area contributed by atoms with Crippen LogP contribution >= 0.6 is 0 Å². The van der Waals surface area contributed by atoms with Crippen molar-refractivity contribution in [2.45, 2.75) is 56.5 Å². The predicted octanol–water partition coefficient (Wildman–Crippen LogP) is 6.40. The van der Waals surface area contributed by atoms with E-state index in [4.69, 9.17) is 19.2 Å². The monoisotopic (exact) mass is 525 g/mol. The minimum atomic E-state index is -0.894. The van der Waals surface area contributed by atoms with Gasteiger partial charge >= 0.3 is 0 Å². The molecule has 5 aliphatic rings. The molecule has 1 saturated heterocycles. The molecule has 1 aliphatic heterocycles. The Morgan fingerprint density at radius 2 is 1.56 bits per heavy atom. The number of anilines is 1. The standard InChI is InChI=1S/C33H35NO5/c1-36-33(32(38-39-33)27-15-24-14-25(17-27)18-28(32)16-24)26-8-5-9-30(20-26)37-21-23-10-12-29(13-11-23)34-31(35)19-22-6-3-2-4-7-22/h2-13,20,24-25,27-28H,14-19,21H2,1H3,(H,34,35). The molecule has 3 aromatic carbocycles. The topological polar surface area (TPSA) is 66.0 Å². The Hall–Kier alpha value is -3.19. The normalized spacial score (nSPS) is 32.1. The fourth-order valence-corrected chi connectivity index (χ4v) is 7.98. The molecule has 8 rings (SSSR count). The van der Waals surface area contributed by atoms with Crippen molar-refractivity contribution in [3.05, 3.63) is 95.6 Å². The van der Waals surface area contributed by atoms with Gasteiger partial charge in [0.25, 0.3) is 5.79 Å². The summed E-state index contributed by atoms with van der Waals surface area (Å²) < 4.78 is 12.4. The van der Waals surface area contributed by atoms with Gasteiger partial charge in [-0.15, -0.1) is 0 Å². The van der Waals surface area contributed by atoms with Gasteiger partial charge in [0.05, 0.1) is 6.42 Å². The Morgan fingerprint density at radius 3 is 2.21 bits per heavy atom. The molecule has 3 aromatic rings. The number of benzene rings is 3. The van der Waals surface area contributed by atoms with Gasteiger partial charge in [0.2, 0.25) is 5.91 Å². The average molecular weight is 526 g/mol. The second-order valence-electron chi connectivity index (χ2n) is 11.8. The smallest absolute Gasteiger partial charge is 0.260 e. The maximum atomic E-state index is 12.4. The molecule has 4 saturated carbocycles. The van der Waals surface area contributed by atoms with E-state index in [1.54, 1.807) is 7.11 Å². The van der Waals surface area contributed by atoms with E-state index in [-0.39, 0.29) is 5.91 Å². The molecule has 1 heterocycles. The first-order valence-corrected chi connectivity index (χ1v) is 14.2. The van der Waals surface area contributed by atoms with E-state index >= 15 is 0 Å². The summed E-state index contributed by atoms with van der Waals surface area (Å²) in [6.45, 7) is 0.415. The summed E-state index contributed by atoms with van der Waals surface area (Å²) in [7, 11) is 1.74. The van der Waals surface area contributed by atoms with Crippen LogP contribution in [0.2, 0.25) is 0 Å². The molecule has 39 heavy (non-hydrogen) atoms. The summed E-state index contributed by atoms with van der Waals surface area (Å²) in [6, 6.07) is 25.6. The van der Waals surface area contributed by atoms with Crippen molar-refractivity contribution in [3.8, 4) is 5.75 Å². The highest BCUT2D eigenvalue weighted by Crippen LogP contribution is 2.69. The third-order valence-corrected chi connectivity index (χ3v) is 9.51. The van der Waals surface area contributed by atoms with E-state index in [9.17, 15) is 4.79 Å². The second kappa shape index (κ2) is 9.77. The van der Waals surface area contributed by atoms with Crippen LogP contribution in [0.1, 0.15) is 48.8 Å². The van der Waals surface area contributed by atoms with Crippen LogP contribution in [0, 0.1) is 23.7 Å². The molecule has 6 nitrogen and oxygen atoms in total.